The monoisotopic (exact) mass is 475 g/mol. The Morgan fingerprint density at radius 3 is 2.52 bits per heavy atom. The maximum Gasteiger partial charge on any atom is 0.407 e. The Hall–Kier alpha value is -3.24. The molecule has 0 unspecified atom stereocenters. The second-order valence-corrected chi connectivity index (χ2v) is 10.7. The number of pyridine rings is 1. The second kappa shape index (κ2) is 9.32. The summed E-state index contributed by atoms with van der Waals surface area (Å²) in [7, 11) is -4.17. The van der Waals surface area contributed by atoms with Crippen molar-refractivity contribution in [2.45, 2.75) is 38.8 Å². The fourth-order valence-electron chi connectivity index (χ4n) is 3.48. The highest BCUT2D eigenvalue weighted by Gasteiger charge is 2.26. The van der Waals surface area contributed by atoms with E-state index >= 15 is 4.39 Å². The van der Waals surface area contributed by atoms with Gasteiger partial charge in [-0.15, -0.1) is 0 Å². The summed E-state index contributed by atoms with van der Waals surface area (Å²) < 4.78 is 42.7. The molecule has 176 valence electrons. The van der Waals surface area contributed by atoms with Crippen molar-refractivity contribution in [2.24, 2.45) is 5.41 Å². The van der Waals surface area contributed by atoms with Crippen molar-refractivity contribution in [2.75, 3.05) is 6.54 Å². The van der Waals surface area contributed by atoms with Crippen molar-refractivity contribution in [3.05, 3.63) is 71.9 Å². The lowest BCUT2D eigenvalue weighted by Crippen LogP contribution is -2.36. The van der Waals surface area contributed by atoms with E-state index in [2.05, 4.69) is 4.98 Å². The van der Waals surface area contributed by atoms with Crippen LogP contribution in [0.5, 0.6) is 0 Å². The molecule has 0 atom stereocenters. The minimum atomic E-state index is -4.17. The molecule has 0 fully saturated rings. The normalized spacial score (nSPS) is 12.0. The average Bonchev–Trinajstić information content (AvgIpc) is 3.17. The minimum absolute atomic E-state index is 0.0143. The van der Waals surface area contributed by atoms with Gasteiger partial charge in [0.05, 0.1) is 18.8 Å². The second-order valence-electron chi connectivity index (χ2n) is 8.86. The van der Waals surface area contributed by atoms with Crippen molar-refractivity contribution < 1.29 is 27.8 Å². The number of hydrogen-bond donors (Lipinski definition) is 2. The van der Waals surface area contributed by atoms with Crippen LogP contribution in [0.1, 0.15) is 31.9 Å². The summed E-state index contributed by atoms with van der Waals surface area (Å²) in [4.78, 5) is 16.7. The summed E-state index contributed by atoms with van der Waals surface area (Å²) in [6, 6.07) is 8.62. The average molecular weight is 476 g/mol. The van der Waals surface area contributed by atoms with E-state index in [1.54, 1.807) is 0 Å². The number of benzene rings is 1. The topological polar surface area (TPSA) is 113 Å². The molecule has 2 aromatic heterocycles. The van der Waals surface area contributed by atoms with Crippen LogP contribution in [0, 0.1) is 11.2 Å². The van der Waals surface area contributed by atoms with Crippen LogP contribution in [0.4, 0.5) is 9.18 Å². The first-order valence-corrected chi connectivity index (χ1v) is 11.6. The first-order valence-electron chi connectivity index (χ1n) is 10.2. The van der Waals surface area contributed by atoms with Gasteiger partial charge in [-0.05, 0) is 35.2 Å². The molecule has 0 aliphatic carbocycles. The van der Waals surface area contributed by atoms with Crippen LogP contribution in [-0.4, -0.2) is 45.1 Å². The van der Waals surface area contributed by atoms with E-state index < -0.39 is 28.5 Å². The van der Waals surface area contributed by atoms with Crippen LogP contribution < -0.4 is 0 Å². The lowest BCUT2D eigenvalue weighted by Gasteiger charge is -2.27. The Bertz CT molecular complexity index is 1250. The Kier molecular flexibility index (Phi) is 6.89. The number of nitrogens with zero attached hydrogens (tertiary/aromatic N) is 3. The third kappa shape index (κ3) is 5.40. The number of hydrogen-bond acceptors (Lipinski definition) is 5. The van der Waals surface area contributed by atoms with Crippen LogP contribution >= 0.6 is 0 Å². The number of rotatable bonds is 7. The van der Waals surface area contributed by atoms with Gasteiger partial charge in [-0.25, -0.2) is 21.6 Å². The molecule has 33 heavy (non-hydrogen) atoms. The summed E-state index contributed by atoms with van der Waals surface area (Å²) in [5, 5.41) is 19.1. The van der Waals surface area contributed by atoms with Gasteiger partial charge >= 0.3 is 6.09 Å². The number of amides is 1. The highest BCUT2D eigenvalue weighted by atomic mass is 32.2. The van der Waals surface area contributed by atoms with E-state index in [-0.39, 0.29) is 40.2 Å². The SMILES string of the molecule is CC(C)(C)CN(Cc1cc(-c2cccc(CO)c2F)n(S(=O)(=O)c2cccnc2)c1)C(=O)O. The van der Waals surface area contributed by atoms with Crippen molar-refractivity contribution in [3.63, 3.8) is 0 Å². The molecule has 1 aromatic carbocycles. The molecule has 0 radical (unpaired) electrons. The zero-order valence-corrected chi connectivity index (χ0v) is 19.4. The van der Waals surface area contributed by atoms with Crippen LogP contribution in [0.25, 0.3) is 11.3 Å². The maximum atomic E-state index is 15.1. The van der Waals surface area contributed by atoms with Crippen molar-refractivity contribution in [1.82, 2.24) is 13.9 Å². The lowest BCUT2D eigenvalue weighted by molar-refractivity contribution is 0.123. The Morgan fingerprint density at radius 2 is 1.94 bits per heavy atom. The summed E-state index contributed by atoms with van der Waals surface area (Å²) in [6.07, 6.45) is 2.76. The summed E-state index contributed by atoms with van der Waals surface area (Å²) in [5.74, 6) is -0.753. The molecular formula is C23H26FN3O5S. The van der Waals surface area contributed by atoms with Crippen molar-refractivity contribution in [1.29, 1.82) is 0 Å². The van der Waals surface area contributed by atoms with E-state index in [0.29, 0.717) is 5.56 Å². The fourth-order valence-corrected chi connectivity index (χ4v) is 4.83. The third-order valence-corrected chi connectivity index (χ3v) is 6.53. The van der Waals surface area contributed by atoms with Crippen LogP contribution in [-0.2, 0) is 23.2 Å². The predicted molar refractivity (Wildman–Crippen MR) is 120 cm³/mol. The molecule has 0 saturated heterocycles. The minimum Gasteiger partial charge on any atom is -0.465 e. The quantitative estimate of drug-likeness (QED) is 0.535. The molecular weight excluding hydrogens is 449 g/mol. The molecule has 0 aliphatic heterocycles. The molecule has 3 aromatic rings. The highest BCUT2D eigenvalue weighted by Crippen LogP contribution is 2.31. The zero-order valence-electron chi connectivity index (χ0n) is 18.6. The van der Waals surface area contributed by atoms with Gasteiger partial charge in [0, 0.05) is 36.3 Å². The Labute approximate surface area is 192 Å². The van der Waals surface area contributed by atoms with Crippen LogP contribution in [0.2, 0.25) is 0 Å². The molecule has 10 heteroatoms. The zero-order chi connectivity index (χ0) is 24.4. The molecule has 1 amide bonds. The van der Waals surface area contributed by atoms with E-state index in [9.17, 15) is 23.4 Å². The first-order chi connectivity index (χ1) is 15.4. The van der Waals surface area contributed by atoms with Crippen LogP contribution in [0.3, 0.4) is 0 Å². The van der Waals surface area contributed by atoms with Gasteiger partial charge in [-0.2, -0.15) is 0 Å². The van der Waals surface area contributed by atoms with Gasteiger partial charge in [0.2, 0.25) is 0 Å². The summed E-state index contributed by atoms with van der Waals surface area (Å²) in [6.45, 7) is 5.25. The van der Waals surface area contributed by atoms with E-state index in [4.69, 9.17) is 0 Å². The number of carbonyl (C=O) groups is 1. The lowest BCUT2D eigenvalue weighted by atomic mass is 9.96. The number of aromatic nitrogens is 2. The molecule has 2 heterocycles. The van der Waals surface area contributed by atoms with Gasteiger partial charge in [0.25, 0.3) is 10.0 Å². The molecule has 0 aliphatic rings. The van der Waals surface area contributed by atoms with Gasteiger partial charge in [-0.3, -0.25) is 4.98 Å². The Balaban J connectivity index is 2.18. The fraction of sp³-hybridized carbons (Fsp3) is 0.304. The maximum absolute atomic E-state index is 15.1. The number of aliphatic hydroxyl groups is 1. The van der Waals surface area contributed by atoms with Crippen LogP contribution in [0.15, 0.2) is 59.9 Å². The molecule has 0 bridgehead atoms. The summed E-state index contributed by atoms with van der Waals surface area (Å²) in [5.41, 5.74) is 0.0479. The Morgan fingerprint density at radius 1 is 1.21 bits per heavy atom. The smallest absolute Gasteiger partial charge is 0.407 e. The van der Waals surface area contributed by atoms with Crippen molar-refractivity contribution in [3.8, 4) is 11.3 Å². The van der Waals surface area contributed by atoms with Gasteiger partial charge in [-0.1, -0.05) is 32.9 Å². The molecule has 0 spiro atoms. The van der Waals surface area contributed by atoms with Gasteiger partial charge in [0.15, 0.2) is 0 Å². The van der Waals surface area contributed by atoms with Crippen molar-refractivity contribution >= 4 is 16.1 Å². The van der Waals surface area contributed by atoms with Gasteiger partial charge in [0.1, 0.15) is 10.7 Å². The van der Waals surface area contributed by atoms with E-state index in [1.165, 1.54) is 59.9 Å². The summed E-state index contributed by atoms with van der Waals surface area (Å²) >= 11 is 0. The standard InChI is InChI=1S/C23H26FN3O5S/c1-23(2,3)15-26(22(29)30)12-16-10-20(19-8-4-6-17(14-28)21(19)24)27(13-16)33(31,32)18-7-5-9-25-11-18/h4-11,13,28H,12,14-15H2,1-3H3,(H,29,30). The number of carboxylic acid groups (broad SMARTS) is 1. The number of aliphatic hydroxyl groups excluding tert-OH is 1. The predicted octanol–water partition coefficient (Wildman–Crippen LogP) is 3.94. The highest BCUT2D eigenvalue weighted by molar-refractivity contribution is 7.90. The molecule has 0 saturated carbocycles. The largest absolute Gasteiger partial charge is 0.465 e. The van der Waals surface area contributed by atoms with Gasteiger partial charge < -0.3 is 15.1 Å². The third-order valence-electron chi connectivity index (χ3n) is 4.87. The van der Waals surface area contributed by atoms with E-state index in [1.807, 2.05) is 20.8 Å². The molecule has 3 rings (SSSR count). The molecule has 8 nitrogen and oxygen atoms in total. The number of halogens is 1. The molecule has 2 N–H and O–H groups in total. The first kappa shape index (κ1) is 24.4. The van der Waals surface area contributed by atoms with E-state index in [0.717, 1.165) is 3.97 Å².